The van der Waals surface area contributed by atoms with Crippen molar-refractivity contribution in [1.29, 1.82) is 0 Å². The first kappa shape index (κ1) is 29.4. The van der Waals surface area contributed by atoms with E-state index in [1.807, 2.05) is 20.8 Å². The molecule has 2 amide bonds. The summed E-state index contributed by atoms with van der Waals surface area (Å²) in [6.45, 7) is 7.67. The minimum atomic E-state index is -0.602. The summed E-state index contributed by atoms with van der Waals surface area (Å²) in [5.41, 5.74) is 1.58. The van der Waals surface area contributed by atoms with Crippen molar-refractivity contribution in [1.82, 2.24) is 20.3 Å². The molecule has 0 fully saturated rings. The van der Waals surface area contributed by atoms with E-state index in [4.69, 9.17) is 39.5 Å². The lowest BCUT2D eigenvalue weighted by molar-refractivity contribution is -0.128. The molecule has 4 aromatic rings. The van der Waals surface area contributed by atoms with Crippen molar-refractivity contribution in [2.24, 2.45) is 5.41 Å². The van der Waals surface area contributed by atoms with Crippen LogP contribution in [0, 0.1) is 11.2 Å². The molecule has 4 rings (SSSR count). The fraction of sp³-hybridized carbons (Fsp3) is 0.259. The van der Waals surface area contributed by atoms with E-state index < -0.39 is 17.1 Å². The second kappa shape index (κ2) is 11.9. The number of benzene rings is 2. The number of halogens is 4. The standard InChI is InChI=1S/C27H26Cl3FN6O3/c1-5-40-24-15(23(38)33-14-7-9-18(31)17(29)10-14)11-19-22(36-24)37-26(34-19)35-21-16(28)8-6-13(20(21)30)12-32-25(39)27(2,3)4/h6-11H,5,12H2,1-4H3,(H,32,39)(H,33,38)(H2,34,35,36,37). The van der Waals surface area contributed by atoms with Gasteiger partial charge in [-0.3, -0.25) is 9.59 Å². The zero-order valence-corrected chi connectivity index (χ0v) is 24.3. The first-order chi connectivity index (χ1) is 18.9. The van der Waals surface area contributed by atoms with Gasteiger partial charge in [-0.05, 0) is 42.8 Å². The summed E-state index contributed by atoms with van der Waals surface area (Å²) in [6.07, 6.45) is 0. The number of nitrogens with zero attached hydrogens (tertiary/aromatic N) is 2. The van der Waals surface area contributed by atoms with E-state index in [1.165, 1.54) is 18.2 Å². The molecule has 4 N–H and O–H groups in total. The number of nitrogens with one attached hydrogen (secondary N) is 4. The lowest BCUT2D eigenvalue weighted by Gasteiger charge is -2.18. The highest BCUT2D eigenvalue weighted by Gasteiger charge is 2.22. The zero-order valence-electron chi connectivity index (χ0n) is 22.0. The van der Waals surface area contributed by atoms with Crippen LogP contribution in [0.15, 0.2) is 36.4 Å². The number of aromatic amines is 1. The summed E-state index contributed by atoms with van der Waals surface area (Å²) in [5.74, 6) is -0.941. The zero-order chi connectivity index (χ0) is 29.2. The number of carbonyl (C=O) groups excluding carboxylic acids is 2. The van der Waals surface area contributed by atoms with Gasteiger partial charge in [0.05, 0.1) is 27.4 Å². The maximum Gasteiger partial charge on any atom is 0.261 e. The van der Waals surface area contributed by atoms with E-state index in [9.17, 15) is 14.0 Å². The molecule has 0 spiro atoms. The van der Waals surface area contributed by atoms with Crippen LogP contribution in [0.5, 0.6) is 5.88 Å². The molecule has 13 heteroatoms. The van der Waals surface area contributed by atoms with Gasteiger partial charge in [0.15, 0.2) is 5.65 Å². The molecule has 2 aromatic carbocycles. The highest BCUT2D eigenvalue weighted by molar-refractivity contribution is 6.39. The number of aromatic nitrogens is 3. The summed E-state index contributed by atoms with van der Waals surface area (Å²) in [4.78, 5) is 37.3. The van der Waals surface area contributed by atoms with Crippen LogP contribution in [-0.4, -0.2) is 33.4 Å². The number of hydrogen-bond donors (Lipinski definition) is 4. The number of hydrogen-bond acceptors (Lipinski definition) is 6. The normalized spacial score (nSPS) is 11.4. The Morgan fingerprint density at radius 1 is 1.05 bits per heavy atom. The van der Waals surface area contributed by atoms with Gasteiger partial charge >= 0.3 is 0 Å². The van der Waals surface area contributed by atoms with Crippen molar-refractivity contribution < 1.29 is 18.7 Å². The number of rotatable bonds is 8. The second-order valence-corrected chi connectivity index (χ2v) is 11.0. The van der Waals surface area contributed by atoms with Crippen LogP contribution < -0.4 is 20.7 Å². The molecule has 0 atom stereocenters. The monoisotopic (exact) mass is 606 g/mol. The highest BCUT2D eigenvalue weighted by atomic mass is 35.5. The number of imidazole rings is 1. The van der Waals surface area contributed by atoms with Crippen LogP contribution in [0.2, 0.25) is 15.1 Å². The van der Waals surface area contributed by atoms with Crippen molar-refractivity contribution in [3.8, 4) is 5.88 Å². The van der Waals surface area contributed by atoms with Gasteiger partial charge in [-0.15, -0.1) is 0 Å². The molecule has 0 saturated heterocycles. The third-order valence-electron chi connectivity index (χ3n) is 5.67. The number of pyridine rings is 1. The van der Waals surface area contributed by atoms with Gasteiger partial charge in [-0.1, -0.05) is 61.6 Å². The predicted octanol–water partition coefficient (Wildman–Crippen LogP) is 7.11. The molecular weight excluding hydrogens is 582 g/mol. The summed E-state index contributed by atoms with van der Waals surface area (Å²) in [5, 5.41) is 9.10. The molecular formula is C27H26Cl3FN6O3. The molecule has 210 valence electrons. The highest BCUT2D eigenvalue weighted by Crippen LogP contribution is 2.36. The molecule has 0 aliphatic heterocycles. The third kappa shape index (κ3) is 6.57. The Morgan fingerprint density at radius 3 is 2.48 bits per heavy atom. The van der Waals surface area contributed by atoms with Crippen molar-refractivity contribution in [2.45, 2.75) is 34.2 Å². The number of H-pyrrole nitrogens is 1. The van der Waals surface area contributed by atoms with E-state index >= 15 is 0 Å². The van der Waals surface area contributed by atoms with Gasteiger partial charge in [-0.2, -0.15) is 4.98 Å². The average Bonchev–Trinajstić information content (AvgIpc) is 3.28. The third-order valence-corrected chi connectivity index (χ3v) is 6.71. The van der Waals surface area contributed by atoms with Gasteiger partial charge in [0.25, 0.3) is 5.91 Å². The van der Waals surface area contributed by atoms with E-state index in [2.05, 4.69) is 30.9 Å². The van der Waals surface area contributed by atoms with Crippen molar-refractivity contribution in [2.75, 3.05) is 17.2 Å². The summed E-state index contributed by atoms with van der Waals surface area (Å²) < 4.78 is 19.1. The molecule has 0 aliphatic carbocycles. The summed E-state index contributed by atoms with van der Waals surface area (Å²) >= 11 is 18.9. The van der Waals surface area contributed by atoms with Gasteiger partial charge in [0.1, 0.15) is 16.9 Å². The molecule has 0 bridgehead atoms. The second-order valence-electron chi connectivity index (χ2n) is 9.76. The Hall–Kier alpha value is -3.60. The van der Waals surface area contributed by atoms with Crippen LogP contribution in [0.4, 0.5) is 21.7 Å². The topological polar surface area (TPSA) is 121 Å². The number of ether oxygens (including phenoxy) is 1. The van der Waals surface area contributed by atoms with Gasteiger partial charge in [-0.25, -0.2) is 9.37 Å². The van der Waals surface area contributed by atoms with Crippen LogP contribution in [0.3, 0.4) is 0 Å². The Bertz CT molecular complexity index is 1600. The van der Waals surface area contributed by atoms with Crippen molar-refractivity contribution >= 4 is 75.1 Å². The number of fused-ring (bicyclic) bond motifs is 1. The van der Waals surface area contributed by atoms with Crippen LogP contribution in [0.25, 0.3) is 11.2 Å². The molecule has 2 heterocycles. The molecule has 40 heavy (non-hydrogen) atoms. The summed E-state index contributed by atoms with van der Waals surface area (Å²) in [6, 6.07) is 8.74. The van der Waals surface area contributed by atoms with Crippen LogP contribution >= 0.6 is 34.8 Å². The quantitative estimate of drug-likeness (QED) is 0.169. The van der Waals surface area contributed by atoms with Gasteiger partial charge in [0.2, 0.25) is 17.7 Å². The number of amides is 2. The Kier molecular flexibility index (Phi) is 8.72. The van der Waals surface area contributed by atoms with E-state index in [1.54, 1.807) is 19.1 Å². The predicted molar refractivity (Wildman–Crippen MR) is 155 cm³/mol. The fourth-order valence-electron chi connectivity index (χ4n) is 3.57. The first-order valence-electron chi connectivity index (χ1n) is 12.2. The lowest BCUT2D eigenvalue weighted by Crippen LogP contribution is -2.34. The molecule has 0 saturated carbocycles. The SMILES string of the molecule is CCOc1nc2[nH]c(Nc3c(Cl)ccc(CNC(=O)C(C)(C)C)c3Cl)nc2cc1C(=O)Nc1ccc(F)c(Cl)c1. The average molecular weight is 608 g/mol. The minimum absolute atomic E-state index is 0.0727. The molecule has 0 aliphatic rings. The van der Waals surface area contributed by atoms with Crippen molar-refractivity contribution in [3.05, 3.63) is 68.4 Å². The number of carbonyl (C=O) groups is 2. The van der Waals surface area contributed by atoms with E-state index in [0.717, 1.165) is 6.07 Å². The van der Waals surface area contributed by atoms with Crippen LogP contribution in [0.1, 0.15) is 43.6 Å². The Morgan fingerprint density at radius 2 is 1.80 bits per heavy atom. The largest absolute Gasteiger partial charge is 0.477 e. The molecule has 2 aromatic heterocycles. The van der Waals surface area contributed by atoms with Crippen LogP contribution in [-0.2, 0) is 11.3 Å². The van der Waals surface area contributed by atoms with E-state index in [0.29, 0.717) is 38.1 Å². The van der Waals surface area contributed by atoms with Gasteiger partial charge < -0.3 is 25.7 Å². The van der Waals surface area contributed by atoms with E-state index in [-0.39, 0.29) is 41.5 Å². The molecule has 9 nitrogen and oxygen atoms in total. The minimum Gasteiger partial charge on any atom is -0.477 e. The molecule has 0 unspecified atom stereocenters. The maximum atomic E-state index is 13.5. The van der Waals surface area contributed by atoms with Crippen molar-refractivity contribution in [3.63, 3.8) is 0 Å². The maximum absolute atomic E-state index is 13.5. The summed E-state index contributed by atoms with van der Waals surface area (Å²) in [7, 11) is 0. The number of anilines is 3. The first-order valence-corrected chi connectivity index (χ1v) is 13.3. The van der Waals surface area contributed by atoms with Gasteiger partial charge in [0, 0.05) is 17.6 Å². The Balaban J connectivity index is 1.61. The smallest absolute Gasteiger partial charge is 0.261 e. The molecule has 0 radical (unpaired) electrons. The fourth-order valence-corrected chi connectivity index (χ4v) is 4.28. The lowest BCUT2D eigenvalue weighted by atomic mass is 9.95. The Labute approximate surface area is 244 Å².